The molecule has 0 aromatic carbocycles. The lowest BCUT2D eigenvalue weighted by Gasteiger charge is -2.15. The number of amides is 2. The fraction of sp³-hybridized carbons (Fsp3) is 0.429. The Balaban J connectivity index is 2.56. The summed E-state index contributed by atoms with van der Waals surface area (Å²) < 4.78 is 0. The normalized spacial score (nSPS) is 11.5. The van der Waals surface area contributed by atoms with Crippen molar-refractivity contribution in [2.75, 3.05) is 0 Å². The summed E-state index contributed by atoms with van der Waals surface area (Å²) in [6, 6.07) is 2.43. The van der Waals surface area contributed by atoms with Crippen LogP contribution in [0.2, 0.25) is 0 Å². The van der Waals surface area contributed by atoms with Crippen molar-refractivity contribution in [1.82, 2.24) is 15.6 Å². The highest BCUT2D eigenvalue weighted by molar-refractivity contribution is 6.38. The molecular formula is C14H19N3O4. The van der Waals surface area contributed by atoms with E-state index in [-0.39, 0.29) is 6.54 Å². The summed E-state index contributed by atoms with van der Waals surface area (Å²) in [6.07, 6.45) is 3.63. The van der Waals surface area contributed by atoms with Gasteiger partial charge in [-0.1, -0.05) is 19.8 Å². The number of aromatic nitrogens is 1. The van der Waals surface area contributed by atoms with Crippen molar-refractivity contribution in [1.29, 1.82) is 0 Å². The Kier molecular flexibility index (Phi) is 6.86. The van der Waals surface area contributed by atoms with Gasteiger partial charge in [-0.25, -0.2) is 4.79 Å². The molecule has 0 bridgehead atoms. The smallest absolute Gasteiger partial charge is 0.405 e. The van der Waals surface area contributed by atoms with Gasteiger partial charge in [0, 0.05) is 18.9 Å². The molecule has 3 N–H and O–H groups in total. The highest BCUT2D eigenvalue weighted by atomic mass is 16.4. The van der Waals surface area contributed by atoms with Crippen LogP contribution in [0.1, 0.15) is 31.7 Å². The minimum Gasteiger partial charge on any atom is -0.465 e. The third kappa shape index (κ3) is 6.03. The van der Waals surface area contributed by atoms with Crippen LogP contribution >= 0.6 is 0 Å². The maximum atomic E-state index is 12.0. The van der Waals surface area contributed by atoms with Gasteiger partial charge in [-0.15, -0.1) is 0 Å². The quantitative estimate of drug-likeness (QED) is 0.622. The van der Waals surface area contributed by atoms with Gasteiger partial charge in [0.15, 0.2) is 0 Å². The van der Waals surface area contributed by atoms with E-state index < -0.39 is 23.8 Å². The van der Waals surface area contributed by atoms with Gasteiger partial charge in [0.05, 0.1) is 0 Å². The molecule has 1 aromatic heterocycles. The van der Waals surface area contributed by atoms with Crippen molar-refractivity contribution in [3.05, 3.63) is 30.1 Å². The third-order valence-electron chi connectivity index (χ3n) is 2.89. The van der Waals surface area contributed by atoms with Crippen LogP contribution in [-0.2, 0) is 16.1 Å². The number of hydrogen-bond donors (Lipinski definition) is 3. The molecule has 0 radical (unpaired) electrons. The first-order chi connectivity index (χ1) is 10.0. The van der Waals surface area contributed by atoms with Crippen molar-refractivity contribution in [2.45, 2.75) is 38.8 Å². The van der Waals surface area contributed by atoms with Crippen LogP contribution in [-0.4, -0.2) is 33.9 Å². The van der Waals surface area contributed by atoms with Crippen molar-refractivity contribution >= 4 is 17.8 Å². The second kappa shape index (κ2) is 8.68. The second-order valence-electron chi connectivity index (χ2n) is 4.55. The minimum atomic E-state index is -1.31. The molecule has 1 atom stereocenters. The number of rotatable bonds is 8. The standard InChI is InChI=1S/C14H19N3O4/c1-2-3-4-11(17-14(20)21)12(18)13(19)16-9-10-5-7-15-8-6-10/h5-8,11,17H,2-4,9H2,1H3,(H,16,19)(H,20,21)/t11-/m0/s1. The van der Waals surface area contributed by atoms with E-state index >= 15 is 0 Å². The lowest BCUT2D eigenvalue weighted by molar-refractivity contribution is -0.139. The van der Waals surface area contributed by atoms with E-state index in [9.17, 15) is 14.4 Å². The largest absolute Gasteiger partial charge is 0.465 e. The monoisotopic (exact) mass is 293 g/mol. The summed E-state index contributed by atoms with van der Waals surface area (Å²) in [5.41, 5.74) is 0.808. The highest BCUT2D eigenvalue weighted by Gasteiger charge is 2.26. The van der Waals surface area contributed by atoms with E-state index in [0.29, 0.717) is 12.8 Å². The molecule has 7 nitrogen and oxygen atoms in total. The molecule has 1 heterocycles. The number of carbonyl (C=O) groups is 3. The van der Waals surface area contributed by atoms with Crippen molar-refractivity contribution < 1.29 is 19.5 Å². The maximum Gasteiger partial charge on any atom is 0.405 e. The summed E-state index contributed by atoms with van der Waals surface area (Å²) in [5.74, 6) is -1.55. The highest BCUT2D eigenvalue weighted by Crippen LogP contribution is 2.03. The number of unbranched alkanes of at least 4 members (excludes halogenated alkanes) is 1. The fourth-order valence-electron chi connectivity index (χ4n) is 1.75. The summed E-state index contributed by atoms with van der Waals surface area (Å²) in [5, 5.41) is 13.3. The molecule has 1 aromatic rings. The minimum absolute atomic E-state index is 0.195. The second-order valence-corrected chi connectivity index (χ2v) is 4.55. The van der Waals surface area contributed by atoms with E-state index in [1.165, 1.54) is 0 Å². The lowest BCUT2D eigenvalue weighted by Crippen LogP contribution is -2.47. The third-order valence-corrected chi connectivity index (χ3v) is 2.89. The maximum absolute atomic E-state index is 12.0. The van der Waals surface area contributed by atoms with Gasteiger partial charge in [-0.2, -0.15) is 0 Å². The Hall–Kier alpha value is -2.44. The Bertz CT molecular complexity index is 490. The molecule has 1 rings (SSSR count). The topological polar surface area (TPSA) is 108 Å². The van der Waals surface area contributed by atoms with Crippen LogP contribution in [0, 0.1) is 0 Å². The number of hydrogen-bond acceptors (Lipinski definition) is 4. The molecule has 0 saturated heterocycles. The average molecular weight is 293 g/mol. The summed E-state index contributed by atoms with van der Waals surface area (Å²) in [7, 11) is 0. The zero-order valence-corrected chi connectivity index (χ0v) is 11.8. The number of carbonyl (C=O) groups excluding carboxylic acids is 2. The van der Waals surface area contributed by atoms with Crippen molar-refractivity contribution in [3.63, 3.8) is 0 Å². The number of ketones is 1. The summed E-state index contributed by atoms with van der Waals surface area (Å²) >= 11 is 0. The lowest BCUT2D eigenvalue weighted by atomic mass is 10.1. The van der Waals surface area contributed by atoms with Gasteiger partial charge in [0.1, 0.15) is 6.04 Å². The van der Waals surface area contributed by atoms with E-state index in [1.54, 1.807) is 24.5 Å². The van der Waals surface area contributed by atoms with Crippen molar-refractivity contribution in [2.24, 2.45) is 0 Å². The number of Topliss-reactive ketones (excluding diaryl/α,β-unsaturated/α-hetero) is 1. The molecule has 0 aliphatic rings. The first kappa shape index (κ1) is 16.6. The zero-order valence-electron chi connectivity index (χ0n) is 11.8. The van der Waals surface area contributed by atoms with Gasteiger partial charge in [-0.3, -0.25) is 14.6 Å². The van der Waals surface area contributed by atoms with Crippen LogP contribution < -0.4 is 10.6 Å². The Morgan fingerprint density at radius 1 is 1.29 bits per heavy atom. The van der Waals surface area contributed by atoms with Crippen LogP contribution in [0.4, 0.5) is 4.79 Å². The van der Waals surface area contributed by atoms with Gasteiger partial charge in [-0.05, 0) is 24.1 Å². The molecule has 0 unspecified atom stereocenters. The number of pyridine rings is 1. The Labute approximate surface area is 122 Å². The predicted octanol–water partition coefficient (Wildman–Crippen LogP) is 1.09. The average Bonchev–Trinajstić information content (AvgIpc) is 2.49. The SMILES string of the molecule is CCCC[C@H](NC(=O)O)C(=O)C(=O)NCc1ccncc1. The molecular weight excluding hydrogens is 274 g/mol. The zero-order chi connectivity index (χ0) is 15.7. The molecule has 0 fully saturated rings. The molecule has 7 heteroatoms. The van der Waals surface area contributed by atoms with Crippen LogP contribution in [0.15, 0.2) is 24.5 Å². The summed E-state index contributed by atoms with van der Waals surface area (Å²) in [4.78, 5) is 38.3. The Morgan fingerprint density at radius 2 is 1.95 bits per heavy atom. The molecule has 0 spiro atoms. The van der Waals surface area contributed by atoms with Gasteiger partial charge >= 0.3 is 6.09 Å². The van der Waals surface area contributed by atoms with E-state index in [4.69, 9.17) is 5.11 Å². The van der Waals surface area contributed by atoms with Gasteiger partial charge in [0.25, 0.3) is 5.91 Å². The fourth-order valence-corrected chi connectivity index (χ4v) is 1.75. The molecule has 0 saturated carbocycles. The van der Waals surface area contributed by atoms with Gasteiger partial charge < -0.3 is 15.7 Å². The number of nitrogens with one attached hydrogen (secondary N) is 2. The first-order valence-corrected chi connectivity index (χ1v) is 6.75. The van der Waals surface area contributed by atoms with Gasteiger partial charge in [0.2, 0.25) is 5.78 Å². The van der Waals surface area contributed by atoms with Crippen LogP contribution in [0.5, 0.6) is 0 Å². The molecule has 21 heavy (non-hydrogen) atoms. The number of carboxylic acid groups (broad SMARTS) is 1. The molecule has 114 valence electrons. The Morgan fingerprint density at radius 3 is 2.52 bits per heavy atom. The molecule has 0 aliphatic heterocycles. The van der Waals surface area contributed by atoms with E-state index in [0.717, 1.165) is 12.0 Å². The summed E-state index contributed by atoms with van der Waals surface area (Å²) in [6.45, 7) is 2.12. The van der Waals surface area contributed by atoms with Crippen LogP contribution in [0.3, 0.4) is 0 Å². The molecule has 2 amide bonds. The molecule has 0 aliphatic carbocycles. The number of nitrogens with zero attached hydrogens (tertiary/aromatic N) is 1. The first-order valence-electron chi connectivity index (χ1n) is 6.75. The van der Waals surface area contributed by atoms with Crippen molar-refractivity contribution in [3.8, 4) is 0 Å². The van der Waals surface area contributed by atoms with Crippen LogP contribution in [0.25, 0.3) is 0 Å². The van der Waals surface area contributed by atoms with E-state index in [2.05, 4.69) is 15.6 Å². The predicted molar refractivity (Wildman–Crippen MR) is 75.6 cm³/mol. The van der Waals surface area contributed by atoms with E-state index in [1.807, 2.05) is 6.92 Å².